The number of aryl methyl sites for hydroxylation is 3. The minimum Gasteiger partial charge on any atom is -0.338 e. The monoisotopic (exact) mass is 364 g/mol. The summed E-state index contributed by atoms with van der Waals surface area (Å²) >= 11 is 0. The number of rotatable bonds is 5. The van der Waals surface area contributed by atoms with Gasteiger partial charge in [-0.05, 0) is 43.5 Å². The largest absolute Gasteiger partial charge is 0.338 e. The maximum Gasteiger partial charge on any atom is 0.274 e. The highest BCUT2D eigenvalue weighted by Gasteiger charge is 2.14. The predicted octanol–water partition coefficient (Wildman–Crippen LogP) is 4.79. The molecule has 138 valence electrons. The summed E-state index contributed by atoms with van der Waals surface area (Å²) in [6.45, 7) is 5.68. The summed E-state index contributed by atoms with van der Waals surface area (Å²) in [6.07, 6.45) is 0.806. The molecule has 0 aliphatic heterocycles. The van der Waals surface area contributed by atoms with Crippen molar-refractivity contribution in [3.63, 3.8) is 0 Å². The Morgan fingerprint density at radius 1 is 1.07 bits per heavy atom. The highest BCUT2D eigenvalue weighted by atomic mass is 19.1. The summed E-state index contributed by atoms with van der Waals surface area (Å²) in [6, 6.07) is 13.7. The highest BCUT2D eigenvalue weighted by Crippen LogP contribution is 2.23. The Balaban J connectivity index is 1.88. The van der Waals surface area contributed by atoms with E-state index in [9.17, 15) is 9.18 Å². The molecule has 5 nitrogen and oxygen atoms in total. The predicted molar refractivity (Wildman–Crippen MR) is 105 cm³/mol. The summed E-state index contributed by atoms with van der Waals surface area (Å²) in [5, 5.41) is 5.84. The molecule has 2 aromatic carbocycles. The second kappa shape index (κ2) is 7.95. The second-order valence-electron chi connectivity index (χ2n) is 6.21. The maximum absolute atomic E-state index is 13.9. The number of nitrogens with zero attached hydrogens (tertiary/aromatic N) is 2. The van der Waals surface area contributed by atoms with Gasteiger partial charge in [0.25, 0.3) is 5.91 Å². The number of para-hydroxylation sites is 2. The van der Waals surface area contributed by atoms with Gasteiger partial charge in [0.05, 0.1) is 5.69 Å². The van der Waals surface area contributed by atoms with E-state index >= 15 is 0 Å². The van der Waals surface area contributed by atoms with Crippen LogP contribution in [0.1, 0.15) is 34.4 Å². The van der Waals surface area contributed by atoms with E-state index in [2.05, 4.69) is 20.6 Å². The van der Waals surface area contributed by atoms with Crippen LogP contribution >= 0.6 is 0 Å². The first-order chi connectivity index (χ1) is 13.0. The van der Waals surface area contributed by atoms with Crippen LogP contribution in [0, 0.1) is 19.7 Å². The Morgan fingerprint density at radius 3 is 2.59 bits per heavy atom. The lowest BCUT2D eigenvalue weighted by atomic mass is 10.1. The molecular weight excluding hydrogens is 343 g/mol. The van der Waals surface area contributed by atoms with Crippen LogP contribution in [0.4, 0.5) is 21.6 Å². The van der Waals surface area contributed by atoms with Gasteiger partial charge in [0.15, 0.2) is 0 Å². The van der Waals surface area contributed by atoms with Crippen molar-refractivity contribution in [2.45, 2.75) is 27.2 Å². The first kappa shape index (κ1) is 18.5. The van der Waals surface area contributed by atoms with Crippen LogP contribution in [0.2, 0.25) is 0 Å². The smallest absolute Gasteiger partial charge is 0.274 e. The van der Waals surface area contributed by atoms with Gasteiger partial charge >= 0.3 is 0 Å². The number of halogens is 1. The van der Waals surface area contributed by atoms with Crippen LogP contribution in [0.25, 0.3) is 0 Å². The number of anilines is 3. The maximum atomic E-state index is 13.9. The molecule has 3 rings (SSSR count). The van der Waals surface area contributed by atoms with E-state index in [1.54, 1.807) is 25.1 Å². The van der Waals surface area contributed by atoms with Crippen molar-refractivity contribution in [3.8, 4) is 0 Å². The number of hydrogen-bond acceptors (Lipinski definition) is 4. The third kappa shape index (κ3) is 4.28. The molecule has 0 saturated heterocycles. The normalized spacial score (nSPS) is 10.5. The first-order valence-corrected chi connectivity index (χ1v) is 8.75. The molecule has 1 amide bonds. The molecular formula is C21H21FN4O. The summed E-state index contributed by atoms with van der Waals surface area (Å²) in [5.41, 5.74) is 3.34. The molecule has 0 aliphatic carbocycles. The van der Waals surface area contributed by atoms with Crippen molar-refractivity contribution in [3.05, 3.63) is 77.0 Å². The number of aromatic nitrogens is 2. The number of carbonyl (C=O) groups is 1. The van der Waals surface area contributed by atoms with Gasteiger partial charge in [0.2, 0.25) is 0 Å². The van der Waals surface area contributed by atoms with E-state index in [0.717, 1.165) is 23.2 Å². The van der Waals surface area contributed by atoms with Gasteiger partial charge in [-0.1, -0.05) is 37.3 Å². The summed E-state index contributed by atoms with van der Waals surface area (Å²) in [7, 11) is 0. The molecule has 0 saturated carbocycles. The molecule has 0 spiro atoms. The van der Waals surface area contributed by atoms with Gasteiger partial charge in [-0.2, -0.15) is 0 Å². The number of nitrogens with one attached hydrogen (secondary N) is 2. The zero-order valence-corrected chi connectivity index (χ0v) is 15.5. The van der Waals surface area contributed by atoms with E-state index in [1.165, 1.54) is 12.1 Å². The Labute approximate surface area is 157 Å². The summed E-state index contributed by atoms with van der Waals surface area (Å²) < 4.78 is 13.9. The fourth-order valence-corrected chi connectivity index (χ4v) is 2.83. The van der Waals surface area contributed by atoms with Crippen LogP contribution < -0.4 is 10.6 Å². The number of carbonyl (C=O) groups excluding carboxylic acids is 1. The second-order valence-corrected chi connectivity index (χ2v) is 6.21. The lowest BCUT2D eigenvalue weighted by Crippen LogP contribution is -2.17. The SMILES string of the molecule is CCc1cccc(C)c1NC(=O)c1cc(Nc2ccccc2F)nc(C)n1. The van der Waals surface area contributed by atoms with Gasteiger partial charge in [0.1, 0.15) is 23.2 Å². The summed E-state index contributed by atoms with van der Waals surface area (Å²) in [5.74, 6) is 0.0496. The molecule has 27 heavy (non-hydrogen) atoms. The lowest BCUT2D eigenvalue weighted by Gasteiger charge is -2.13. The molecule has 0 aliphatic rings. The van der Waals surface area contributed by atoms with Crippen LogP contribution in [-0.4, -0.2) is 15.9 Å². The van der Waals surface area contributed by atoms with Crippen LogP contribution in [-0.2, 0) is 6.42 Å². The number of amides is 1. The number of hydrogen-bond donors (Lipinski definition) is 2. The Bertz CT molecular complexity index is 988. The Morgan fingerprint density at radius 2 is 1.85 bits per heavy atom. The molecule has 0 unspecified atom stereocenters. The van der Waals surface area contributed by atoms with Crippen LogP contribution in [0.3, 0.4) is 0 Å². The highest BCUT2D eigenvalue weighted by molar-refractivity contribution is 6.04. The van der Waals surface area contributed by atoms with Crippen molar-refractivity contribution in [2.75, 3.05) is 10.6 Å². The fourth-order valence-electron chi connectivity index (χ4n) is 2.83. The summed E-state index contributed by atoms with van der Waals surface area (Å²) in [4.78, 5) is 21.2. The van der Waals surface area contributed by atoms with Crippen molar-refractivity contribution in [2.24, 2.45) is 0 Å². The van der Waals surface area contributed by atoms with Crippen molar-refractivity contribution in [1.29, 1.82) is 0 Å². The molecule has 1 aromatic heterocycles. The molecule has 3 aromatic rings. The van der Waals surface area contributed by atoms with Gasteiger partial charge in [-0.3, -0.25) is 4.79 Å². The van der Waals surface area contributed by atoms with Crippen LogP contribution in [0.15, 0.2) is 48.5 Å². The topological polar surface area (TPSA) is 66.9 Å². The number of benzene rings is 2. The van der Waals surface area contributed by atoms with Gasteiger partial charge in [0, 0.05) is 11.8 Å². The molecule has 6 heteroatoms. The quantitative estimate of drug-likeness (QED) is 0.683. The van der Waals surface area contributed by atoms with E-state index < -0.39 is 5.82 Å². The van der Waals surface area contributed by atoms with E-state index in [4.69, 9.17) is 0 Å². The molecule has 0 atom stereocenters. The standard InChI is InChI=1S/C21H21FN4O/c1-4-15-9-7-8-13(2)20(15)26-21(27)18-12-19(24-14(3)23-18)25-17-11-6-5-10-16(17)22/h5-12H,4H2,1-3H3,(H,26,27)(H,23,24,25). The minimum atomic E-state index is -0.396. The molecule has 0 fully saturated rings. The van der Waals surface area contributed by atoms with Crippen molar-refractivity contribution >= 4 is 23.1 Å². The van der Waals surface area contributed by atoms with Gasteiger partial charge in [-0.15, -0.1) is 0 Å². The molecule has 2 N–H and O–H groups in total. The van der Waals surface area contributed by atoms with Gasteiger partial charge in [-0.25, -0.2) is 14.4 Å². The zero-order valence-electron chi connectivity index (χ0n) is 15.5. The van der Waals surface area contributed by atoms with Gasteiger partial charge < -0.3 is 10.6 Å². The first-order valence-electron chi connectivity index (χ1n) is 8.75. The third-order valence-electron chi connectivity index (χ3n) is 4.19. The molecule has 1 heterocycles. The van der Waals surface area contributed by atoms with Crippen LogP contribution in [0.5, 0.6) is 0 Å². The lowest BCUT2D eigenvalue weighted by molar-refractivity contribution is 0.102. The molecule has 0 radical (unpaired) electrons. The minimum absolute atomic E-state index is 0.214. The van der Waals surface area contributed by atoms with Crippen molar-refractivity contribution in [1.82, 2.24) is 9.97 Å². The third-order valence-corrected chi connectivity index (χ3v) is 4.19. The Hall–Kier alpha value is -3.28. The average Bonchev–Trinajstić information content (AvgIpc) is 2.64. The van der Waals surface area contributed by atoms with Crippen molar-refractivity contribution < 1.29 is 9.18 Å². The average molecular weight is 364 g/mol. The van der Waals surface area contributed by atoms with E-state index in [-0.39, 0.29) is 17.3 Å². The fraction of sp³-hybridized carbons (Fsp3) is 0.190. The molecule has 0 bridgehead atoms. The van der Waals surface area contributed by atoms with E-state index in [1.807, 2.05) is 32.0 Å². The Kier molecular flexibility index (Phi) is 5.45. The zero-order chi connectivity index (χ0) is 19.4. The van der Waals surface area contributed by atoms with E-state index in [0.29, 0.717) is 11.6 Å².